The average molecular weight is 278 g/mol. The molecule has 0 spiro atoms. The van der Waals surface area contributed by atoms with E-state index in [0.717, 1.165) is 23.6 Å². The maximum Gasteiger partial charge on any atom is 0.238 e. The predicted octanol–water partition coefficient (Wildman–Crippen LogP) is 2.02. The van der Waals surface area contributed by atoms with Gasteiger partial charge in [0.15, 0.2) is 0 Å². The van der Waals surface area contributed by atoms with Gasteiger partial charge in [-0.2, -0.15) is 0 Å². The molecular weight excluding hydrogens is 260 g/mol. The van der Waals surface area contributed by atoms with E-state index in [2.05, 4.69) is 17.5 Å². The first-order chi connectivity index (χ1) is 8.95. The van der Waals surface area contributed by atoms with Gasteiger partial charge in [0.2, 0.25) is 10.0 Å². The minimum atomic E-state index is -3.64. The second-order valence-electron chi connectivity index (χ2n) is 5.51. The van der Waals surface area contributed by atoms with Crippen LogP contribution in [0.15, 0.2) is 35.2 Å². The van der Waals surface area contributed by atoms with E-state index in [9.17, 15) is 8.42 Å². The van der Waals surface area contributed by atoms with Crippen molar-refractivity contribution in [2.45, 2.75) is 30.7 Å². The molecular formula is C14H18N2O2S. The van der Waals surface area contributed by atoms with E-state index < -0.39 is 10.0 Å². The fraction of sp³-hybridized carbons (Fsp3) is 0.429. The van der Waals surface area contributed by atoms with Crippen LogP contribution in [0.4, 0.5) is 5.69 Å². The summed E-state index contributed by atoms with van der Waals surface area (Å²) in [5.41, 5.74) is 1.91. The second-order valence-corrected chi connectivity index (χ2v) is 7.07. The first-order valence-electron chi connectivity index (χ1n) is 6.52. The van der Waals surface area contributed by atoms with Crippen molar-refractivity contribution in [1.82, 2.24) is 0 Å². The number of benzene rings is 1. The molecule has 4 nitrogen and oxygen atoms in total. The van der Waals surface area contributed by atoms with Crippen molar-refractivity contribution in [1.29, 1.82) is 0 Å². The molecule has 3 rings (SSSR count). The van der Waals surface area contributed by atoms with Crippen molar-refractivity contribution in [2.75, 3.05) is 5.32 Å². The minimum Gasteiger partial charge on any atom is -0.381 e. The summed E-state index contributed by atoms with van der Waals surface area (Å²) < 4.78 is 22.8. The number of aryl methyl sites for hydroxylation is 1. The quantitative estimate of drug-likeness (QED) is 0.831. The lowest BCUT2D eigenvalue weighted by molar-refractivity contribution is 0.218. The van der Waals surface area contributed by atoms with E-state index in [1.807, 2.05) is 6.92 Å². The van der Waals surface area contributed by atoms with Crippen LogP contribution in [0, 0.1) is 18.8 Å². The number of nitrogens with one attached hydrogen (secondary N) is 1. The molecule has 3 N–H and O–H groups in total. The van der Waals surface area contributed by atoms with Gasteiger partial charge < -0.3 is 5.32 Å². The number of primary sulfonamides is 1. The third kappa shape index (κ3) is 2.28. The molecule has 2 aliphatic carbocycles. The van der Waals surface area contributed by atoms with Gasteiger partial charge in [0.05, 0.1) is 4.90 Å². The van der Waals surface area contributed by atoms with Crippen molar-refractivity contribution in [3.63, 3.8) is 0 Å². The molecule has 19 heavy (non-hydrogen) atoms. The normalized spacial score (nSPS) is 28.8. The maximum absolute atomic E-state index is 11.4. The van der Waals surface area contributed by atoms with Gasteiger partial charge in [-0.05, 0) is 43.4 Å². The van der Waals surface area contributed by atoms with E-state index in [-0.39, 0.29) is 4.90 Å². The molecule has 0 heterocycles. The SMILES string of the molecule is Cc1ccc(S(N)(=O)=O)cc1NC1CC2CC=CC21. The Hall–Kier alpha value is -1.33. The van der Waals surface area contributed by atoms with Crippen LogP contribution >= 0.6 is 0 Å². The molecule has 0 aliphatic heterocycles. The highest BCUT2D eigenvalue weighted by Crippen LogP contribution is 2.44. The Morgan fingerprint density at radius 3 is 2.84 bits per heavy atom. The van der Waals surface area contributed by atoms with Crippen molar-refractivity contribution in [3.8, 4) is 0 Å². The number of sulfonamides is 1. The maximum atomic E-state index is 11.4. The van der Waals surface area contributed by atoms with Crippen LogP contribution in [0.2, 0.25) is 0 Å². The third-order valence-corrected chi connectivity index (χ3v) is 5.15. The molecule has 102 valence electrons. The lowest BCUT2D eigenvalue weighted by Crippen LogP contribution is -2.43. The van der Waals surface area contributed by atoms with Gasteiger partial charge in [0.1, 0.15) is 0 Å². The number of allylic oxidation sites excluding steroid dienone is 1. The lowest BCUT2D eigenvalue weighted by atomic mass is 9.71. The number of hydrogen-bond acceptors (Lipinski definition) is 3. The molecule has 1 aromatic carbocycles. The molecule has 2 aliphatic rings. The summed E-state index contributed by atoms with van der Waals surface area (Å²) in [6.07, 6.45) is 6.84. The van der Waals surface area contributed by atoms with Gasteiger partial charge in [0, 0.05) is 17.6 Å². The zero-order valence-electron chi connectivity index (χ0n) is 10.8. The second kappa shape index (κ2) is 4.35. The highest BCUT2D eigenvalue weighted by atomic mass is 32.2. The van der Waals surface area contributed by atoms with Crippen molar-refractivity contribution in [3.05, 3.63) is 35.9 Å². The van der Waals surface area contributed by atoms with Crippen LogP contribution in [-0.2, 0) is 10.0 Å². The van der Waals surface area contributed by atoms with Crippen LogP contribution in [0.3, 0.4) is 0 Å². The minimum absolute atomic E-state index is 0.165. The summed E-state index contributed by atoms with van der Waals surface area (Å²) in [7, 11) is -3.64. The molecule has 1 fully saturated rings. The summed E-state index contributed by atoms with van der Waals surface area (Å²) in [4.78, 5) is 0.165. The lowest BCUT2D eigenvalue weighted by Gasteiger charge is -2.41. The predicted molar refractivity (Wildman–Crippen MR) is 75.3 cm³/mol. The van der Waals surface area contributed by atoms with E-state index >= 15 is 0 Å². The molecule has 0 amide bonds. The Bertz CT molecular complexity index is 637. The topological polar surface area (TPSA) is 72.2 Å². The van der Waals surface area contributed by atoms with E-state index in [0.29, 0.717) is 12.0 Å². The zero-order chi connectivity index (χ0) is 13.6. The average Bonchev–Trinajstić information content (AvgIpc) is 2.68. The first kappa shape index (κ1) is 12.7. The Labute approximate surface area is 113 Å². The summed E-state index contributed by atoms with van der Waals surface area (Å²) >= 11 is 0. The molecule has 0 radical (unpaired) electrons. The molecule has 0 saturated heterocycles. The Kier molecular flexibility index (Phi) is 2.91. The zero-order valence-corrected chi connectivity index (χ0v) is 11.7. The van der Waals surface area contributed by atoms with E-state index in [1.54, 1.807) is 18.2 Å². The summed E-state index contributed by atoms with van der Waals surface area (Å²) in [5.74, 6) is 1.37. The summed E-state index contributed by atoms with van der Waals surface area (Å²) in [6, 6.07) is 5.40. The molecule has 0 aromatic heterocycles. The van der Waals surface area contributed by atoms with Gasteiger partial charge in [-0.25, -0.2) is 13.6 Å². The highest BCUT2D eigenvalue weighted by Gasteiger charge is 2.41. The Morgan fingerprint density at radius 1 is 1.37 bits per heavy atom. The van der Waals surface area contributed by atoms with Gasteiger partial charge in [-0.1, -0.05) is 18.2 Å². The Balaban J connectivity index is 1.83. The van der Waals surface area contributed by atoms with Gasteiger partial charge in [-0.15, -0.1) is 0 Å². The fourth-order valence-electron chi connectivity index (χ4n) is 3.02. The third-order valence-electron chi connectivity index (χ3n) is 4.24. The molecule has 5 heteroatoms. The molecule has 1 aromatic rings. The fourth-order valence-corrected chi connectivity index (χ4v) is 3.56. The number of anilines is 1. The van der Waals surface area contributed by atoms with Crippen LogP contribution in [0.5, 0.6) is 0 Å². The van der Waals surface area contributed by atoms with Crippen LogP contribution in [0.1, 0.15) is 18.4 Å². The monoisotopic (exact) mass is 278 g/mol. The molecule has 0 bridgehead atoms. The van der Waals surface area contributed by atoms with Crippen molar-refractivity contribution in [2.24, 2.45) is 17.0 Å². The standard InChI is InChI=1S/C14H18N2O2S/c1-9-5-6-11(19(15,17)18)8-13(9)16-14-7-10-3-2-4-12(10)14/h2,4-6,8,10,12,14,16H,3,7H2,1H3,(H2,15,17,18). The smallest absolute Gasteiger partial charge is 0.238 e. The van der Waals surface area contributed by atoms with Crippen molar-refractivity contribution >= 4 is 15.7 Å². The van der Waals surface area contributed by atoms with Crippen LogP contribution < -0.4 is 10.5 Å². The van der Waals surface area contributed by atoms with E-state index in [4.69, 9.17) is 5.14 Å². The van der Waals surface area contributed by atoms with Gasteiger partial charge >= 0.3 is 0 Å². The van der Waals surface area contributed by atoms with E-state index in [1.165, 1.54) is 6.42 Å². The van der Waals surface area contributed by atoms with Crippen molar-refractivity contribution < 1.29 is 8.42 Å². The number of fused-ring (bicyclic) bond motifs is 1. The van der Waals surface area contributed by atoms with Gasteiger partial charge in [0.25, 0.3) is 0 Å². The Morgan fingerprint density at radius 2 is 2.16 bits per heavy atom. The summed E-state index contributed by atoms with van der Waals surface area (Å²) in [5, 5.41) is 8.63. The number of rotatable bonds is 3. The van der Waals surface area contributed by atoms with Crippen LogP contribution in [-0.4, -0.2) is 14.5 Å². The molecule has 1 saturated carbocycles. The number of nitrogens with two attached hydrogens (primary N) is 1. The molecule has 3 atom stereocenters. The largest absolute Gasteiger partial charge is 0.381 e. The van der Waals surface area contributed by atoms with Crippen LogP contribution in [0.25, 0.3) is 0 Å². The van der Waals surface area contributed by atoms with Gasteiger partial charge in [-0.3, -0.25) is 0 Å². The first-order valence-corrected chi connectivity index (χ1v) is 8.06. The number of hydrogen-bond donors (Lipinski definition) is 2. The highest BCUT2D eigenvalue weighted by molar-refractivity contribution is 7.89. The summed E-state index contributed by atoms with van der Waals surface area (Å²) in [6.45, 7) is 1.97. The molecule has 3 unspecified atom stereocenters.